The lowest BCUT2D eigenvalue weighted by Gasteiger charge is -2.26. The number of ether oxygens (including phenoxy) is 1. The van der Waals surface area contributed by atoms with E-state index in [1.807, 2.05) is 0 Å². The summed E-state index contributed by atoms with van der Waals surface area (Å²) in [5.41, 5.74) is -0.581. The molecule has 10 nitrogen and oxygen atoms in total. The van der Waals surface area contributed by atoms with Crippen LogP contribution in [0.2, 0.25) is 0 Å². The van der Waals surface area contributed by atoms with E-state index < -0.39 is 41.8 Å². The second kappa shape index (κ2) is 8.72. The Morgan fingerprint density at radius 2 is 1.27 bits per heavy atom. The van der Waals surface area contributed by atoms with Crippen LogP contribution in [0.15, 0.2) is 0 Å². The lowest BCUT2D eigenvalue weighted by molar-refractivity contribution is -0.142. The minimum Gasteiger partial charge on any atom is -0.480 e. The lowest BCUT2D eigenvalue weighted by atomic mass is 10.2. The summed E-state index contributed by atoms with van der Waals surface area (Å²) >= 11 is 0. The molecule has 2 atom stereocenters. The Balaban J connectivity index is 0.000000273. The average Bonchev–Trinajstić information content (AvgIpc) is 3.15. The number of rotatable bonds is 2. The maximum absolute atomic E-state index is 11.6. The maximum atomic E-state index is 11.6. The van der Waals surface area contributed by atoms with Gasteiger partial charge in [-0.25, -0.2) is 19.2 Å². The number of likely N-dealkylation sites (tertiary alicyclic amines) is 2. The van der Waals surface area contributed by atoms with Crippen molar-refractivity contribution in [2.24, 2.45) is 0 Å². The van der Waals surface area contributed by atoms with E-state index in [0.29, 0.717) is 32.4 Å². The Hall–Kier alpha value is -2.52. The van der Waals surface area contributed by atoms with Gasteiger partial charge in [-0.2, -0.15) is 0 Å². The third-order valence-electron chi connectivity index (χ3n) is 3.95. The molecular formula is C16H26N2O8. The number of carboxylic acid groups (broad SMARTS) is 3. The lowest BCUT2D eigenvalue weighted by Crippen LogP contribution is -2.43. The Labute approximate surface area is 151 Å². The Bertz CT molecular complexity index is 537. The fourth-order valence-corrected chi connectivity index (χ4v) is 2.81. The molecule has 0 aromatic rings. The van der Waals surface area contributed by atoms with Crippen LogP contribution in [-0.2, 0) is 14.3 Å². The zero-order valence-electron chi connectivity index (χ0n) is 15.2. The van der Waals surface area contributed by atoms with E-state index in [9.17, 15) is 19.2 Å². The van der Waals surface area contributed by atoms with Crippen LogP contribution >= 0.6 is 0 Å². The molecule has 0 spiro atoms. The van der Waals surface area contributed by atoms with Gasteiger partial charge in [0.1, 0.15) is 17.7 Å². The first-order valence-corrected chi connectivity index (χ1v) is 8.39. The van der Waals surface area contributed by atoms with E-state index in [1.165, 1.54) is 4.90 Å². The molecule has 10 heteroatoms. The number of hydrogen-bond acceptors (Lipinski definition) is 5. The molecule has 0 aliphatic carbocycles. The van der Waals surface area contributed by atoms with Crippen LogP contribution in [0.3, 0.4) is 0 Å². The number of carbonyl (C=O) groups excluding carboxylic acids is 1. The molecule has 2 rings (SSSR count). The highest BCUT2D eigenvalue weighted by molar-refractivity contribution is 5.81. The summed E-state index contributed by atoms with van der Waals surface area (Å²) < 4.78 is 5.13. The van der Waals surface area contributed by atoms with Crippen molar-refractivity contribution in [3.63, 3.8) is 0 Å². The Morgan fingerprint density at radius 1 is 0.846 bits per heavy atom. The molecule has 2 fully saturated rings. The fourth-order valence-electron chi connectivity index (χ4n) is 2.81. The minimum absolute atomic E-state index is 0.340. The molecule has 0 bridgehead atoms. The summed E-state index contributed by atoms with van der Waals surface area (Å²) in [6, 6.07) is -1.55. The van der Waals surface area contributed by atoms with E-state index in [2.05, 4.69) is 0 Å². The van der Waals surface area contributed by atoms with Crippen LogP contribution in [0.25, 0.3) is 0 Å². The van der Waals surface area contributed by atoms with Crippen LogP contribution in [0.5, 0.6) is 0 Å². The molecule has 0 saturated carbocycles. The van der Waals surface area contributed by atoms with E-state index >= 15 is 0 Å². The van der Waals surface area contributed by atoms with Gasteiger partial charge in [0.05, 0.1) is 0 Å². The first kappa shape index (κ1) is 21.5. The summed E-state index contributed by atoms with van der Waals surface area (Å²) in [4.78, 5) is 45.5. The molecule has 2 unspecified atom stereocenters. The zero-order chi connectivity index (χ0) is 20.1. The molecule has 26 heavy (non-hydrogen) atoms. The zero-order valence-corrected chi connectivity index (χ0v) is 15.2. The molecular weight excluding hydrogens is 348 g/mol. The highest BCUT2D eigenvalue weighted by Crippen LogP contribution is 2.20. The second-order valence-corrected chi connectivity index (χ2v) is 7.14. The second-order valence-electron chi connectivity index (χ2n) is 7.14. The summed E-state index contributed by atoms with van der Waals surface area (Å²) in [5, 5.41) is 25.9. The number of hydrogen-bond donors (Lipinski definition) is 3. The SMILES string of the molecule is CC(C)(C)OC(=O)N1CCCC1C(=O)O.O=C(O)C1CCCN1C(=O)O. The van der Waals surface area contributed by atoms with Gasteiger partial charge in [-0.05, 0) is 46.5 Å². The van der Waals surface area contributed by atoms with E-state index in [1.54, 1.807) is 20.8 Å². The van der Waals surface area contributed by atoms with Crippen molar-refractivity contribution in [3.05, 3.63) is 0 Å². The normalized spacial score (nSPS) is 22.4. The van der Waals surface area contributed by atoms with Crippen molar-refractivity contribution in [3.8, 4) is 0 Å². The standard InChI is InChI=1S/C10H17NO4.C6H9NO4/c1-10(2,3)15-9(14)11-6-4-5-7(11)8(12)13;8-5(9)4-2-1-3-7(4)6(10)11/h7H,4-6H2,1-3H3,(H,12,13);4H,1-3H2,(H,8,9)(H,10,11). The topological polar surface area (TPSA) is 145 Å². The van der Waals surface area contributed by atoms with Gasteiger partial charge in [-0.15, -0.1) is 0 Å². The van der Waals surface area contributed by atoms with E-state index in [4.69, 9.17) is 20.1 Å². The number of amides is 2. The summed E-state index contributed by atoms with van der Waals surface area (Å²) in [6.45, 7) is 6.09. The van der Waals surface area contributed by atoms with Crippen molar-refractivity contribution < 1.29 is 39.2 Å². The molecule has 2 aliphatic rings. The fraction of sp³-hybridized carbons (Fsp3) is 0.750. The molecule has 3 N–H and O–H groups in total. The summed E-state index contributed by atoms with van der Waals surface area (Å²) in [5.74, 6) is -2.01. The van der Waals surface area contributed by atoms with Crippen LogP contribution in [-0.4, -0.2) is 80.0 Å². The van der Waals surface area contributed by atoms with Crippen molar-refractivity contribution in [2.45, 2.75) is 64.1 Å². The smallest absolute Gasteiger partial charge is 0.411 e. The number of carboxylic acids is 2. The van der Waals surface area contributed by atoms with Gasteiger partial charge in [0, 0.05) is 13.1 Å². The molecule has 0 radical (unpaired) electrons. The monoisotopic (exact) mass is 374 g/mol. The minimum atomic E-state index is -1.14. The van der Waals surface area contributed by atoms with Gasteiger partial charge >= 0.3 is 24.1 Å². The van der Waals surface area contributed by atoms with Crippen LogP contribution in [0, 0.1) is 0 Å². The van der Waals surface area contributed by atoms with Crippen LogP contribution in [0.4, 0.5) is 9.59 Å². The number of nitrogens with zero attached hydrogens (tertiary/aromatic N) is 2. The van der Waals surface area contributed by atoms with Gasteiger partial charge in [0.15, 0.2) is 0 Å². The summed E-state index contributed by atoms with van der Waals surface area (Å²) in [7, 11) is 0. The third-order valence-corrected chi connectivity index (χ3v) is 3.95. The van der Waals surface area contributed by atoms with Crippen molar-refractivity contribution in [1.29, 1.82) is 0 Å². The largest absolute Gasteiger partial charge is 0.480 e. The van der Waals surface area contributed by atoms with Gasteiger partial charge in [-0.1, -0.05) is 0 Å². The quantitative estimate of drug-likeness (QED) is 0.662. The molecule has 148 valence electrons. The van der Waals surface area contributed by atoms with E-state index in [0.717, 1.165) is 11.3 Å². The van der Waals surface area contributed by atoms with Crippen LogP contribution < -0.4 is 0 Å². The molecule has 0 aromatic carbocycles. The highest BCUT2D eigenvalue weighted by Gasteiger charge is 2.36. The molecule has 2 aliphatic heterocycles. The van der Waals surface area contributed by atoms with Gasteiger partial charge in [-0.3, -0.25) is 9.80 Å². The van der Waals surface area contributed by atoms with E-state index in [-0.39, 0.29) is 0 Å². The van der Waals surface area contributed by atoms with Gasteiger partial charge in [0.2, 0.25) is 0 Å². The number of carbonyl (C=O) groups is 4. The molecule has 0 aromatic heterocycles. The molecule has 2 heterocycles. The van der Waals surface area contributed by atoms with Crippen molar-refractivity contribution in [2.75, 3.05) is 13.1 Å². The van der Waals surface area contributed by atoms with Crippen molar-refractivity contribution >= 4 is 24.1 Å². The van der Waals surface area contributed by atoms with Gasteiger partial charge in [0.25, 0.3) is 0 Å². The molecule has 2 saturated heterocycles. The third kappa shape index (κ3) is 6.08. The molecule has 2 amide bonds. The summed E-state index contributed by atoms with van der Waals surface area (Å²) in [6.07, 6.45) is 0.623. The Morgan fingerprint density at radius 3 is 1.62 bits per heavy atom. The first-order valence-electron chi connectivity index (χ1n) is 8.39. The van der Waals surface area contributed by atoms with Crippen LogP contribution in [0.1, 0.15) is 46.5 Å². The highest BCUT2D eigenvalue weighted by atomic mass is 16.6. The first-order chi connectivity index (χ1) is 11.9. The predicted molar refractivity (Wildman–Crippen MR) is 89.0 cm³/mol. The average molecular weight is 374 g/mol. The maximum Gasteiger partial charge on any atom is 0.411 e. The Kier molecular flexibility index (Phi) is 7.22. The predicted octanol–water partition coefficient (Wildman–Crippen LogP) is 1.68. The van der Waals surface area contributed by atoms with Crippen molar-refractivity contribution in [1.82, 2.24) is 9.80 Å². The number of aliphatic carboxylic acids is 2. The van der Waals surface area contributed by atoms with Gasteiger partial charge < -0.3 is 20.1 Å².